The van der Waals surface area contributed by atoms with E-state index in [9.17, 15) is 4.79 Å². The van der Waals surface area contributed by atoms with Crippen molar-refractivity contribution in [2.75, 3.05) is 13.7 Å². The van der Waals surface area contributed by atoms with Gasteiger partial charge in [-0.2, -0.15) is 4.37 Å². The molecule has 0 bridgehead atoms. The SMILES string of the molecule is COC[C@@H](C)NC(=O)c1nc(C)ns1. The monoisotopic (exact) mass is 215 g/mol. The Bertz CT molecular complexity index is 313. The van der Waals surface area contributed by atoms with Gasteiger partial charge in [-0.3, -0.25) is 4.79 Å². The molecule has 0 saturated heterocycles. The van der Waals surface area contributed by atoms with Crippen LogP contribution in [0.25, 0.3) is 0 Å². The predicted molar refractivity (Wildman–Crippen MR) is 53.5 cm³/mol. The topological polar surface area (TPSA) is 64.1 Å². The lowest BCUT2D eigenvalue weighted by Crippen LogP contribution is -2.35. The van der Waals surface area contributed by atoms with E-state index in [1.54, 1.807) is 14.0 Å². The number of nitrogens with one attached hydrogen (secondary N) is 1. The van der Waals surface area contributed by atoms with Crippen LogP contribution in [0, 0.1) is 6.92 Å². The van der Waals surface area contributed by atoms with Gasteiger partial charge in [-0.25, -0.2) is 4.98 Å². The molecule has 1 aromatic heterocycles. The van der Waals surface area contributed by atoms with Crippen molar-refractivity contribution >= 4 is 17.4 Å². The molecule has 0 aliphatic rings. The molecular weight excluding hydrogens is 202 g/mol. The Labute approximate surface area is 86.7 Å². The molecule has 0 aliphatic heterocycles. The normalized spacial score (nSPS) is 12.5. The zero-order chi connectivity index (χ0) is 10.6. The predicted octanol–water partition coefficient (Wildman–Crippen LogP) is 0.611. The van der Waals surface area contributed by atoms with Crippen LogP contribution in [0.2, 0.25) is 0 Å². The van der Waals surface area contributed by atoms with Crippen molar-refractivity contribution in [2.45, 2.75) is 19.9 Å². The summed E-state index contributed by atoms with van der Waals surface area (Å²) < 4.78 is 8.83. The van der Waals surface area contributed by atoms with Crippen molar-refractivity contribution in [3.05, 3.63) is 10.8 Å². The van der Waals surface area contributed by atoms with E-state index < -0.39 is 0 Å². The summed E-state index contributed by atoms with van der Waals surface area (Å²) in [7, 11) is 1.59. The number of nitrogens with zero attached hydrogens (tertiary/aromatic N) is 2. The Balaban J connectivity index is 2.50. The fourth-order valence-electron chi connectivity index (χ4n) is 0.966. The number of hydrogen-bond donors (Lipinski definition) is 1. The number of methoxy groups -OCH3 is 1. The molecule has 1 N–H and O–H groups in total. The van der Waals surface area contributed by atoms with Crippen molar-refractivity contribution in [3.63, 3.8) is 0 Å². The molecule has 0 fully saturated rings. The molecule has 78 valence electrons. The molecule has 1 aromatic rings. The molecule has 1 rings (SSSR count). The van der Waals surface area contributed by atoms with Gasteiger partial charge in [0.25, 0.3) is 5.91 Å². The summed E-state index contributed by atoms with van der Waals surface area (Å²) in [6.45, 7) is 4.12. The Kier molecular flexibility index (Phi) is 3.97. The van der Waals surface area contributed by atoms with Crippen LogP contribution in [0.15, 0.2) is 0 Å². The minimum Gasteiger partial charge on any atom is -0.383 e. The first kappa shape index (κ1) is 11.1. The fourth-order valence-corrected chi connectivity index (χ4v) is 1.54. The molecule has 6 heteroatoms. The Morgan fingerprint density at radius 2 is 2.43 bits per heavy atom. The van der Waals surface area contributed by atoms with Gasteiger partial charge in [0, 0.05) is 13.2 Å². The largest absolute Gasteiger partial charge is 0.383 e. The molecule has 0 saturated carbocycles. The van der Waals surface area contributed by atoms with Crippen molar-refractivity contribution in [1.29, 1.82) is 0 Å². The zero-order valence-electron chi connectivity index (χ0n) is 8.40. The first-order valence-electron chi connectivity index (χ1n) is 4.23. The molecule has 14 heavy (non-hydrogen) atoms. The quantitative estimate of drug-likeness (QED) is 0.799. The van der Waals surface area contributed by atoms with Crippen molar-refractivity contribution < 1.29 is 9.53 Å². The number of aryl methyl sites for hydroxylation is 1. The maximum absolute atomic E-state index is 11.5. The summed E-state index contributed by atoms with van der Waals surface area (Å²) in [6, 6.07) is -0.0169. The van der Waals surface area contributed by atoms with E-state index in [0.29, 0.717) is 17.4 Å². The third-order valence-corrected chi connectivity index (χ3v) is 2.32. The number of amides is 1. The highest BCUT2D eigenvalue weighted by molar-refractivity contribution is 7.07. The van der Waals surface area contributed by atoms with Gasteiger partial charge in [0.1, 0.15) is 5.82 Å². The minimum absolute atomic E-state index is 0.0169. The molecule has 1 heterocycles. The van der Waals surface area contributed by atoms with E-state index in [0.717, 1.165) is 11.5 Å². The Morgan fingerprint density at radius 3 is 2.93 bits per heavy atom. The highest BCUT2D eigenvalue weighted by atomic mass is 32.1. The number of ether oxygens (including phenoxy) is 1. The molecule has 0 aliphatic carbocycles. The van der Waals surface area contributed by atoms with Gasteiger partial charge in [-0.15, -0.1) is 0 Å². The second kappa shape index (κ2) is 5.02. The van der Waals surface area contributed by atoms with Crippen LogP contribution in [0.4, 0.5) is 0 Å². The summed E-state index contributed by atoms with van der Waals surface area (Å²) in [5.74, 6) is 0.430. The molecule has 5 nitrogen and oxygen atoms in total. The smallest absolute Gasteiger partial charge is 0.282 e. The molecule has 0 spiro atoms. The van der Waals surface area contributed by atoms with Crippen molar-refractivity contribution in [3.8, 4) is 0 Å². The number of carbonyl (C=O) groups excluding carboxylic acids is 1. The van der Waals surface area contributed by atoms with Gasteiger partial charge in [-0.1, -0.05) is 0 Å². The van der Waals surface area contributed by atoms with Crippen LogP contribution in [0.3, 0.4) is 0 Å². The molecule has 1 atom stereocenters. The van der Waals surface area contributed by atoms with Gasteiger partial charge >= 0.3 is 0 Å². The fraction of sp³-hybridized carbons (Fsp3) is 0.625. The summed E-state index contributed by atoms with van der Waals surface area (Å²) in [5, 5.41) is 3.15. The first-order valence-corrected chi connectivity index (χ1v) is 5.01. The molecular formula is C8H13N3O2S. The summed E-state index contributed by atoms with van der Waals surface area (Å²) in [6.07, 6.45) is 0. The summed E-state index contributed by atoms with van der Waals surface area (Å²) in [4.78, 5) is 15.5. The standard InChI is InChI=1S/C8H13N3O2S/c1-5(4-13-3)9-7(12)8-10-6(2)11-14-8/h5H,4H2,1-3H3,(H,9,12)/t5-/m1/s1. The number of rotatable bonds is 4. The van der Waals surface area contributed by atoms with Gasteiger partial charge in [0.05, 0.1) is 6.61 Å². The van der Waals surface area contributed by atoms with Crippen LogP contribution < -0.4 is 5.32 Å². The van der Waals surface area contributed by atoms with E-state index >= 15 is 0 Å². The van der Waals surface area contributed by atoms with Gasteiger partial charge in [0.15, 0.2) is 0 Å². The van der Waals surface area contributed by atoms with E-state index in [2.05, 4.69) is 14.7 Å². The highest BCUT2D eigenvalue weighted by Crippen LogP contribution is 2.03. The summed E-state index contributed by atoms with van der Waals surface area (Å²) >= 11 is 1.10. The molecule has 0 aromatic carbocycles. The van der Waals surface area contributed by atoms with Crippen LogP contribution in [0.5, 0.6) is 0 Å². The van der Waals surface area contributed by atoms with Crippen molar-refractivity contribution in [2.24, 2.45) is 0 Å². The lowest BCUT2D eigenvalue weighted by molar-refractivity contribution is 0.0905. The third kappa shape index (κ3) is 3.04. The van der Waals surface area contributed by atoms with Gasteiger partial charge in [-0.05, 0) is 25.4 Å². The lowest BCUT2D eigenvalue weighted by atomic mass is 10.3. The average Bonchev–Trinajstić information content (AvgIpc) is 2.52. The van der Waals surface area contributed by atoms with Crippen LogP contribution in [-0.2, 0) is 4.74 Å². The van der Waals surface area contributed by atoms with E-state index in [4.69, 9.17) is 4.74 Å². The Hall–Kier alpha value is -1.01. The maximum Gasteiger partial charge on any atom is 0.282 e. The highest BCUT2D eigenvalue weighted by Gasteiger charge is 2.13. The molecule has 0 radical (unpaired) electrons. The van der Waals surface area contributed by atoms with Gasteiger partial charge in [0.2, 0.25) is 5.01 Å². The lowest BCUT2D eigenvalue weighted by Gasteiger charge is -2.10. The van der Waals surface area contributed by atoms with E-state index in [1.165, 1.54) is 0 Å². The Morgan fingerprint density at radius 1 is 1.71 bits per heavy atom. The number of aromatic nitrogens is 2. The van der Waals surface area contributed by atoms with E-state index in [1.807, 2.05) is 6.92 Å². The van der Waals surface area contributed by atoms with Crippen LogP contribution in [0.1, 0.15) is 22.6 Å². The maximum atomic E-state index is 11.5. The molecule has 0 unspecified atom stereocenters. The number of hydrogen-bond acceptors (Lipinski definition) is 5. The average molecular weight is 215 g/mol. The zero-order valence-corrected chi connectivity index (χ0v) is 9.22. The van der Waals surface area contributed by atoms with E-state index in [-0.39, 0.29) is 11.9 Å². The van der Waals surface area contributed by atoms with Gasteiger partial charge < -0.3 is 10.1 Å². The minimum atomic E-state index is -0.194. The second-order valence-electron chi connectivity index (χ2n) is 2.98. The van der Waals surface area contributed by atoms with Crippen LogP contribution >= 0.6 is 11.5 Å². The second-order valence-corrected chi connectivity index (χ2v) is 3.73. The number of carbonyl (C=O) groups is 1. The van der Waals surface area contributed by atoms with Crippen molar-refractivity contribution in [1.82, 2.24) is 14.7 Å². The third-order valence-electron chi connectivity index (χ3n) is 1.52. The first-order chi connectivity index (χ1) is 6.63. The molecule has 1 amide bonds. The summed E-state index contributed by atoms with van der Waals surface area (Å²) in [5.41, 5.74) is 0. The van der Waals surface area contributed by atoms with Crippen LogP contribution in [-0.4, -0.2) is 35.0 Å².